The lowest BCUT2D eigenvalue weighted by Crippen LogP contribution is -2.17. The predicted octanol–water partition coefficient (Wildman–Crippen LogP) is 2.87. The molecule has 5 heteroatoms. The zero-order chi connectivity index (χ0) is 13.3. The summed E-state index contributed by atoms with van der Waals surface area (Å²) in [5.74, 6) is -0.229. The van der Waals surface area contributed by atoms with Gasteiger partial charge in [0.25, 0.3) is 0 Å². The second kappa shape index (κ2) is 5.20. The molecule has 2 rings (SSSR count). The Morgan fingerprint density at radius 1 is 1.44 bits per heavy atom. The average molecular weight is 312 g/mol. The van der Waals surface area contributed by atoms with Crippen LogP contribution in [-0.2, 0) is 13.5 Å². The highest BCUT2D eigenvalue weighted by atomic mass is 79.9. The van der Waals surface area contributed by atoms with Crippen molar-refractivity contribution in [2.45, 2.75) is 19.4 Å². The molecule has 0 saturated heterocycles. The van der Waals surface area contributed by atoms with Gasteiger partial charge in [0.1, 0.15) is 5.82 Å². The van der Waals surface area contributed by atoms with E-state index < -0.39 is 0 Å². The molecule has 1 heterocycles. The van der Waals surface area contributed by atoms with E-state index in [4.69, 9.17) is 5.73 Å². The minimum atomic E-state index is -0.264. The van der Waals surface area contributed by atoms with E-state index in [0.29, 0.717) is 12.0 Å². The Morgan fingerprint density at radius 3 is 2.78 bits per heavy atom. The molecule has 96 valence electrons. The molecule has 0 aliphatic rings. The molecular weight excluding hydrogens is 297 g/mol. The lowest BCUT2D eigenvalue weighted by Gasteiger charge is -2.12. The Hall–Kier alpha value is -1.20. The van der Waals surface area contributed by atoms with Crippen LogP contribution in [0, 0.1) is 12.7 Å². The predicted molar refractivity (Wildman–Crippen MR) is 72.7 cm³/mol. The van der Waals surface area contributed by atoms with Crippen molar-refractivity contribution in [2.75, 3.05) is 0 Å². The van der Waals surface area contributed by atoms with Crippen molar-refractivity contribution in [3.05, 3.63) is 51.5 Å². The van der Waals surface area contributed by atoms with Gasteiger partial charge < -0.3 is 5.73 Å². The molecule has 18 heavy (non-hydrogen) atoms. The fraction of sp³-hybridized carbons (Fsp3) is 0.308. The highest BCUT2D eigenvalue weighted by molar-refractivity contribution is 9.10. The van der Waals surface area contributed by atoms with Crippen molar-refractivity contribution in [2.24, 2.45) is 12.8 Å². The van der Waals surface area contributed by atoms with Crippen molar-refractivity contribution >= 4 is 15.9 Å². The van der Waals surface area contributed by atoms with Crippen LogP contribution in [0.1, 0.15) is 23.0 Å². The molecule has 1 aromatic heterocycles. The number of aromatic nitrogens is 2. The van der Waals surface area contributed by atoms with E-state index in [1.807, 2.05) is 20.0 Å². The zero-order valence-electron chi connectivity index (χ0n) is 10.3. The average Bonchev–Trinajstić information content (AvgIpc) is 2.63. The maximum absolute atomic E-state index is 13.7. The van der Waals surface area contributed by atoms with Crippen molar-refractivity contribution in [3.63, 3.8) is 0 Å². The normalized spacial score (nSPS) is 12.7. The van der Waals surface area contributed by atoms with Crippen molar-refractivity contribution < 1.29 is 4.39 Å². The van der Waals surface area contributed by atoms with E-state index in [-0.39, 0.29) is 11.9 Å². The monoisotopic (exact) mass is 311 g/mol. The standard InChI is InChI=1S/C13H15BrFN3/c1-8-5-13(18(2)17-8)12(16)7-9-6-10(14)3-4-11(9)15/h3-6,12H,7,16H2,1-2H3. The van der Waals surface area contributed by atoms with Gasteiger partial charge in [-0.25, -0.2) is 4.39 Å². The molecule has 3 nitrogen and oxygen atoms in total. The second-order valence-corrected chi connectivity index (χ2v) is 5.30. The molecule has 1 aromatic carbocycles. The van der Waals surface area contributed by atoms with E-state index in [2.05, 4.69) is 21.0 Å². The third-order valence-electron chi connectivity index (χ3n) is 2.87. The third kappa shape index (κ3) is 2.79. The molecular formula is C13H15BrFN3. The quantitative estimate of drug-likeness (QED) is 0.947. The minimum Gasteiger partial charge on any atom is -0.322 e. The van der Waals surface area contributed by atoms with Gasteiger partial charge in [-0.3, -0.25) is 4.68 Å². The fourth-order valence-electron chi connectivity index (χ4n) is 2.02. The first-order valence-electron chi connectivity index (χ1n) is 5.67. The summed E-state index contributed by atoms with van der Waals surface area (Å²) in [6, 6.07) is 6.55. The lowest BCUT2D eigenvalue weighted by atomic mass is 10.0. The molecule has 0 saturated carbocycles. The zero-order valence-corrected chi connectivity index (χ0v) is 11.9. The van der Waals surface area contributed by atoms with Crippen LogP contribution in [0.3, 0.4) is 0 Å². The van der Waals surface area contributed by atoms with Crippen LogP contribution in [0.5, 0.6) is 0 Å². The van der Waals surface area contributed by atoms with Gasteiger partial charge in [-0.2, -0.15) is 5.10 Å². The van der Waals surface area contributed by atoms with Gasteiger partial charge in [-0.1, -0.05) is 15.9 Å². The molecule has 2 aromatic rings. The van der Waals surface area contributed by atoms with Crippen LogP contribution in [0.25, 0.3) is 0 Å². The van der Waals surface area contributed by atoms with Gasteiger partial charge in [0.15, 0.2) is 0 Å². The summed E-state index contributed by atoms with van der Waals surface area (Å²) in [5, 5.41) is 4.25. The van der Waals surface area contributed by atoms with Crippen LogP contribution < -0.4 is 5.73 Å². The molecule has 1 unspecified atom stereocenters. The molecule has 1 atom stereocenters. The number of nitrogens with two attached hydrogens (primary N) is 1. The number of benzene rings is 1. The number of halogens is 2. The smallest absolute Gasteiger partial charge is 0.126 e. The lowest BCUT2D eigenvalue weighted by molar-refractivity contribution is 0.573. The molecule has 0 radical (unpaired) electrons. The van der Waals surface area contributed by atoms with Crippen LogP contribution in [0.4, 0.5) is 4.39 Å². The van der Waals surface area contributed by atoms with Crippen LogP contribution >= 0.6 is 15.9 Å². The van der Waals surface area contributed by atoms with Gasteiger partial charge >= 0.3 is 0 Å². The van der Waals surface area contributed by atoms with Crippen LogP contribution in [0.2, 0.25) is 0 Å². The van der Waals surface area contributed by atoms with E-state index >= 15 is 0 Å². The van der Waals surface area contributed by atoms with Gasteiger partial charge in [0.2, 0.25) is 0 Å². The Kier molecular flexibility index (Phi) is 3.82. The van der Waals surface area contributed by atoms with Crippen LogP contribution in [0.15, 0.2) is 28.7 Å². The van der Waals surface area contributed by atoms with Gasteiger partial charge in [0, 0.05) is 11.5 Å². The number of rotatable bonds is 3. The van der Waals surface area contributed by atoms with E-state index in [0.717, 1.165) is 15.9 Å². The molecule has 0 aliphatic heterocycles. The summed E-state index contributed by atoms with van der Waals surface area (Å²) in [6.07, 6.45) is 0.449. The van der Waals surface area contributed by atoms with Crippen molar-refractivity contribution in [1.29, 1.82) is 0 Å². The van der Waals surface area contributed by atoms with Crippen molar-refractivity contribution in [1.82, 2.24) is 9.78 Å². The first-order valence-corrected chi connectivity index (χ1v) is 6.46. The number of aryl methyl sites for hydroxylation is 2. The molecule has 0 bridgehead atoms. The maximum atomic E-state index is 13.7. The largest absolute Gasteiger partial charge is 0.322 e. The number of hydrogen-bond donors (Lipinski definition) is 1. The molecule has 0 aliphatic carbocycles. The Labute approximate surface area is 114 Å². The van der Waals surface area contributed by atoms with Gasteiger partial charge in [-0.15, -0.1) is 0 Å². The van der Waals surface area contributed by atoms with Crippen molar-refractivity contribution in [3.8, 4) is 0 Å². The van der Waals surface area contributed by atoms with Crippen LogP contribution in [-0.4, -0.2) is 9.78 Å². The summed E-state index contributed by atoms with van der Waals surface area (Å²) < 4.78 is 16.3. The van der Waals surface area contributed by atoms with Gasteiger partial charge in [0.05, 0.1) is 17.4 Å². The molecule has 0 amide bonds. The first-order chi connectivity index (χ1) is 8.47. The minimum absolute atomic E-state index is 0.229. The summed E-state index contributed by atoms with van der Waals surface area (Å²) in [6.45, 7) is 1.91. The first kappa shape index (κ1) is 13.2. The Bertz CT molecular complexity index is 565. The molecule has 0 fully saturated rings. The summed E-state index contributed by atoms with van der Waals surface area (Å²) >= 11 is 3.34. The highest BCUT2D eigenvalue weighted by Crippen LogP contribution is 2.21. The van der Waals surface area contributed by atoms with E-state index in [9.17, 15) is 4.39 Å². The second-order valence-electron chi connectivity index (χ2n) is 4.38. The number of nitrogens with zero attached hydrogens (tertiary/aromatic N) is 2. The molecule has 2 N–H and O–H groups in total. The SMILES string of the molecule is Cc1cc(C(N)Cc2cc(Br)ccc2F)n(C)n1. The summed E-state index contributed by atoms with van der Waals surface area (Å²) in [5.41, 5.74) is 8.55. The Balaban J connectivity index is 2.23. The summed E-state index contributed by atoms with van der Waals surface area (Å²) in [4.78, 5) is 0. The van der Waals surface area contributed by atoms with E-state index in [1.165, 1.54) is 6.07 Å². The fourth-order valence-corrected chi connectivity index (χ4v) is 2.43. The third-order valence-corrected chi connectivity index (χ3v) is 3.36. The number of hydrogen-bond acceptors (Lipinski definition) is 2. The van der Waals surface area contributed by atoms with Gasteiger partial charge in [-0.05, 0) is 43.2 Å². The summed E-state index contributed by atoms with van der Waals surface area (Å²) in [7, 11) is 1.85. The maximum Gasteiger partial charge on any atom is 0.126 e. The Morgan fingerprint density at radius 2 is 2.17 bits per heavy atom. The van der Waals surface area contributed by atoms with E-state index in [1.54, 1.807) is 16.8 Å². The topological polar surface area (TPSA) is 43.8 Å². The highest BCUT2D eigenvalue weighted by Gasteiger charge is 2.14. The molecule has 0 spiro atoms.